The van der Waals surface area contributed by atoms with E-state index in [2.05, 4.69) is 0 Å². The Morgan fingerprint density at radius 1 is 1.50 bits per heavy atom. The Balaban J connectivity index is 0. The van der Waals surface area contributed by atoms with Gasteiger partial charge in [0.1, 0.15) is 0 Å². The van der Waals surface area contributed by atoms with Gasteiger partial charge in [0.05, 0.1) is 0 Å². The Labute approximate surface area is 86.1 Å². The number of rotatable bonds is 5. The van der Waals surface area contributed by atoms with Crippen molar-refractivity contribution in [1.29, 1.82) is 0 Å². The molecule has 5 heteroatoms. The molecule has 0 spiro atoms. The van der Waals surface area contributed by atoms with Crippen LogP contribution in [-0.4, -0.2) is 28.2 Å². The van der Waals surface area contributed by atoms with Gasteiger partial charge in [-0.25, -0.2) is 0 Å². The molecule has 1 unspecified atom stereocenters. The summed E-state index contributed by atoms with van der Waals surface area (Å²) in [5.41, 5.74) is 0. The minimum absolute atomic E-state index is 0. The Bertz CT molecular complexity index is 89.0. The van der Waals surface area contributed by atoms with Crippen LogP contribution in [-0.2, 0) is 15.8 Å². The van der Waals surface area contributed by atoms with Crippen LogP contribution >= 0.6 is 0 Å². The molecule has 0 fully saturated rings. The molecule has 10 heavy (non-hydrogen) atoms. The normalized spacial score (nSPS) is 12.2. The third-order valence-corrected chi connectivity index (χ3v) is 1.53. The van der Waals surface area contributed by atoms with Crippen LogP contribution in [0.25, 0.3) is 0 Å². The van der Waals surface area contributed by atoms with Gasteiger partial charge >= 0.3 is 29.6 Å². The molecule has 0 N–H and O–H groups in total. The summed E-state index contributed by atoms with van der Waals surface area (Å²) in [6.07, 6.45) is 1.52. The molecule has 0 aromatic carbocycles. The predicted octanol–water partition coefficient (Wildman–Crippen LogP) is -2.70. The Kier molecular flexibility index (Phi) is 13.7. The maximum Gasteiger partial charge on any atom is 1.00 e. The summed E-state index contributed by atoms with van der Waals surface area (Å²) in [6.45, 7) is 0.650. The maximum absolute atomic E-state index is 9.92. The third-order valence-electron chi connectivity index (χ3n) is 0.909. The number of unbranched alkanes of at least 4 members (excludes halogenated alkanes) is 1. The standard InChI is InChI=1S/C5H12O3S.Na/c1-8-4-2-3-5-9(6)7;/h2-5H2,1H3,(H,6,7);/q;+1/p-1. The van der Waals surface area contributed by atoms with Crippen LogP contribution in [0.5, 0.6) is 0 Å². The Morgan fingerprint density at radius 2 is 2.10 bits per heavy atom. The molecule has 0 aliphatic carbocycles. The van der Waals surface area contributed by atoms with Crippen molar-refractivity contribution in [2.24, 2.45) is 0 Å². The van der Waals surface area contributed by atoms with E-state index < -0.39 is 11.1 Å². The van der Waals surface area contributed by atoms with Crippen molar-refractivity contribution in [1.82, 2.24) is 0 Å². The number of ether oxygens (including phenoxy) is 1. The molecule has 0 aliphatic rings. The SMILES string of the molecule is COCCCCS(=O)[O-].[Na+]. The summed E-state index contributed by atoms with van der Waals surface area (Å²) in [7, 11) is 1.61. The van der Waals surface area contributed by atoms with E-state index in [0.717, 1.165) is 6.42 Å². The fourth-order valence-corrected chi connectivity index (χ4v) is 0.906. The van der Waals surface area contributed by atoms with Crippen molar-refractivity contribution in [2.75, 3.05) is 19.5 Å². The fourth-order valence-electron chi connectivity index (χ4n) is 0.466. The van der Waals surface area contributed by atoms with Gasteiger partial charge in [-0.05, 0) is 12.8 Å². The minimum atomic E-state index is -1.87. The van der Waals surface area contributed by atoms with Gasteiger partial charge in [0, 0.05) is 19.5 Å². The molecule has 0 aromatic heterocycles. The van der Waals surface area contributed by atoms with Gasteiger partial charge in [0.2, 0.25) is 0 Å². The van der Waals surface area contributed by atoms with Crippen molar-refractivity contribution in [3.8, 4) is 0 Å². The first-order valence-electron chi connectivity index (χ1n) is 2.82. The van der Waals surface area contributed by atoms with Crippen LogP contribution in [0.1, 0.15) is 12.8 Å². The van der Waals surface area contributed by atoms with E-state index >= 15 is 0 Å². The first-order valence-corrected chi connectivity index (χ1v) is 4.06. The number of methoxy groups -OCH3 is 1. The van der Waals surface area contributed by atoms with Crippen LogP contribution in [0.3, 0.4) is 0 Å². The summed E-state index contributed by atoms with van der Waals surface area (Å²) in [5, 5.41) is 0. The monoisotopic (exact) mass is 174 g/mol. The predicted molar refractivity (Wildman–Crippen MR) is 34.9 cm³/mol. The molecule has 0 bridgehead atoms. The van der Waals surface area contributed by atoms with Crippen LogP contribution < -0.4 is 29.6 Å². The summed E-state index contributed by atoms with van der Waals surface area (Å²) in [4.78, 5) is 0. The molecule has 0 radical (unpaired) electrons. The van der Waals surface area contributed by atoms with Crippen LogP contribution in [0, 0.1) is 0 Å². The molecule has 0 saturated heterocycles. The minimum Gasteiger partial charge on any atom is -0.772 e. The van der Waals surface area contributed by atoms with Crippen molar-refractivity contribution in [3.63, 3.8) is 0 Å². The van der Waals surface area contributed by atoms with E-state index in [1.807, 2.05) is 0 Å². The second-order valence-electron chi connectivity index (χ2n) is 1.71. The summed E-state index contributed by atoms with van der Waals surface area (Å²) >= 11 is -1.87. The zero-order chi connectivity index (χ0) is 7.11. The second-order valence-corrected chi connectivity index (χ2v) is 2.72. The average molecular weight is 174 g/mol. The van der Waals surface area contributed by atoms with Gasteiger partial charge in [-0.2, -0.15) is 0 Å². The zero-order valence-electron chi connectivity index (χ0n) is 6.46. The number of hydrogen-bond donors (Lipinski definition) is 0. The molecule has 0 rings (SSSR count). The third kappa shape index (κ3) is 11.8. The Morgan fingerprint density at radius 3 is 2.50 bits per heavy atom. The molecule has 0 saturated carbocycles. The van der Waals surface area contributed by atoms with Gasteiger partial charge < -0.3 is 9.29 Å². The first-order chi connectivity index (χ1) is 4.27. The maximum atomic E-state index is 9.92. The van der Waals surface area contributed by atoms with E-state index in [4.69, 9.17) is 4.74 Å². The van der Waals surface area contributed by atoms with E-state index in [1.165, 1.54) is 0 Å². The van der Waals surface area contributed by atoms with Crippen molar-refractivity contribution in [2.45, 2.75) is 12.8 Å². The van der Waals surface area contributed by atoms with Crippen molar-refractivity contribution >= 4 is 11.1 Å². The van der Waals surface area contributed by atoms with Gasteiger partial charge in [-0.3, -0.25) is 4.21 Å². The molecular weight excluding hydrogens is 163 g/mol. The molecule has 0 aromatic rings. The molecule has 0 amide bonds. The molecular formula is C5H11NaO3S. The van der Waals surface area contributed by atoms with Gasteiger partial charge in [-0.1, -0.05) is 11.1 Å². The summed E-state index contributed by atoms with van der Waals surface area (Å²) < 4.78 is 24.6. The van der Waals surface area contributed by atoms with E-state index in [9.17, 15) is 8.76 Å². The largest absolute Gasteiger partial charge is 1.00 e. The molecule has 0 heterocycles. The van der Waals surface area contributed by atoms with Crippen LogP contribution in [0.2, 0.25) is 0 Å². The van der Waals surface area contributed by atoms with Crippen molar-refractivity contribution < 1.29 is 43.1 Å². The topological polar surface area (TPSA) is 49.4 Å². The van der Waals surface area contributed by atoms with Crippen LogP contribution in [0.4, 0.5) is 0 Å². The zero-order valence-corrected chi connectivity index (χ0v) is 9.28. The van der Waals surface area contributed by atoms with E-state index in [-0.39, 0.29) is 35.3 Å². The van der Waals surface area contributed by atoms with Gasteiger partial charge in [0.25, 0.3) is 0 Å². The molecule has 1 atom stereocenters. The van der Waals surface area contributed by atoms with Crippen LogP contribution in [0.15, 0.2) is 0 Å². The summed E-state index contributed by atoms with van der Waals surface area (Å²) in [6, 6.07) is 0. The molecule has 56 valence electrons. The smallest absolute Gasteiger partial charge is 0.772 e. The van der Waals surface area contributed by atoms with Crippen molar-refractivity contribution in [3.05, 3.63) is 0 Å². The van der Waals surface area contributed by atoms with E-state index in [1.54, 1.807) is 7.11 Å². The van der Waals surface area contributed by atoms with E-state index in [0.29, 0.717) is 13.0 Å². The average Bonchev–Trinajstić information content (AvgIpc) is 1.80. The first kappa shape index (κ1) is 13.6. The molecule has 0 aliphatic heterocycles. The summed E-state index contributed by atoms with van der Waals surface area (Å²) in [5.74, 6) is 0.253. The number of hydrogen-bond acceptors (Lipinski definition) is 3. The Hall–Kier alpha value is 1.07. The van der Waals surface area contributed by atoms with Gasteiger partial charge in [-0.15, -0.1) is 0 Å². The fraction of sp³-hybridized carbons (Fsp3) is 1.00. The van der Waals surface area contributed by atoms with Gasteiger partial charge in [0.15, 0.2) is 0 Å². The molecule has 3 nitrogen and oxygen atoms in total. The quantitative estimate of drug-likeness (QED) is 0.259. The second kappa shape index (κ2) is 10.1.